The van der Waals surface area contributed by atoms with Gasteiger partial charge in [-0.3, -0.25) is 4.79 Å². The summed E-state index contributed by atoms with van der Waals surface area (Å²) in [5.74, 6) is -1.14. The summed E-state index contributed by atoms with van der Waals surface area (Å²) >= 11 is 5.90. The second kappa shape index (κ2) is 9.28. The number of hydrogen-bond donors (Lipinski definition) is 2. The van der Waals surface area contributed by atoms with Crippen molar-refractivity contribution in [3.63, 3.8) is 0 Å². The summed E-state index contributed by atoms with van der Waals surface area (Å²) in [6.07, 6.45) is 0. The molecule has 0 aromatic heterocycles. The van der Waals surface area contributed by atoms with Crippen LogP contribution in [0.2, 0.25) is 5.02 Å². The lowest BCUT2D eigenvalue weighted by Gasteiger charge is -2.14. The van der Waals surface area contributed by atoms with Gasteiger partial charge in [-0.2, -0.15) is 0 Å². The predicted molar refractivity (Wildman–Crippen MR) is 104 cm³/mol. The quantitative estimate of drug-likeness (QED) is 0.685. The smallest absolute Gasteiger partial charge is 0.338 e. The number of phenols is 1. The molecule has 27 heavy (non-hydrogen) atoms. The van der Waals surface area contributed by atoms with Crippen LogP contribution in [0.25, 0.3) is 0 Å². The zero-order valence-electron chi connectivity index (χ0n) is 15.4. The molecule has 7 heteroatoms. The highest BCUT2D eigenvalue weighted by atomic mass is 35.5. The number of phenolic OH excluding ortho intramolecular Hbond substituents is 1. The Labute approximate surface area is 163 Å². The second-order valence-electron chi connectivity index (χ2n) is 6.10. The molecule has 1 amide bonds. The van der Waals surface area contributed by atoms with E-state index in [2.05, 4.69) is 5.32 Å². The summed E-state index contributed by atoms with van der Waals surface area (Å²) in [6, 6.07) is 10.0. The zero-order chi connectivity index (χ0) is 20.0. The minimum atomic E-state index is -0.745. The Morgan fingerprint density at radius 1 is 1.22 bits per heavy atom. The fourth-order valence-corrected chi connectivity index (χ4v) is 2.68. The topological polar surface area (TPSA) is 84.9 Å². The number of rotatable bonds is 7. The van der Waals surface area contributed by atoms with Gasteiger partial charge in [0.1, 0.15) is 0 Å². The van der Waals surface area contributed by atoms with E-state index >= 15 is 0 Å². The van der Waals surface area contributed by atoms with Crippen molar-refractivity contribution in [2.75, 3.05) is 18.5 Å². The maximum Gasteiger partial charge on any atom is 0.338 e. The van der Waals surface area contributed by atoms with Crippen LogP contribution in [0.4, 0.5) is 5.69 Å². The molecule has 0 bridgehead atoms. The maximum atomic E-state index is 12.2. The van der Waals surface area contributed by atoms with Crippen LogP contribution in [0.3, 0.4) is 0 Å². The van der Waals surface area contributed by atoms with Gasteiger partial charge < -0.3 is 19.9 Å². The van der Waals surface area contributed by atoms with Gasteiger partial charge in [-0.05, 0) is 36.6 Å². The number of halogens is 1. The van der Waals surface area contributed by atoms with Gasteiger partial charge >= 0.3 is 5.97 Å². The Balaban J connectivity index is 2.02. The summed E-state index contributed by atoms with van der Waals surface area (Å²) in [4.78, 5) is 24.3. The number of ether oxygens (including phenoxy) is 2. The standard InChI is InChI=1S/C20H22ClNO5/c1-4-26-17-10-13(9-15(21)19(17)24)20(25)27-11-18(23)22-16-8-6-5-7-14(16)12(2)3/h5-10,12,24H,4,11H2,1-3H3,(H,22,23). The van der Waals surface area contributed by atoms with Crippen LogP contribution in [0.15, 0.2) is 36.4 Å². The summed E-state index contributed by atoms with van der Waals surface area (Å²) in [5.41, 5.74) is 1.75. The summed E-state index contributed by atoms with van der Waals surface area (Å²) in [5, 5.41) is 12.5. The van der Waals surface area contributed by atoms with Crippen molar-refractivity contribution in [1.82, 2.24) is 0 Å². The molecule has 6 nitrogen and oxygen atoms in total. The second-order valence-corrected chi connectivity index (χ2v) is 6.51. The van der Waals surface area contributed by atoms with Gasteiger partial charge in [0.05, 0.1) is 17.2 Å². The average molecular weight is 392 g/mol. The van der Waals surface area contributed by atoms with Gasteiger partial charge in [0.25, 0.3) is 5.91 Å². The van der Waals surface area contributed by atoms with Crippen LogP contribution >= 0.6 is 11.6 Å². The van der Waals surface area contributed by atoms with Crippen molar-refractivity contribution in [1.29, 1.82) is 0 Å². The van der Waals surface area contributed by atoms with Crippen molar-refractivity contribution >= 4 is 29.2 Å². The van der Waals surface area contributed by atoms with Crippen LogP contribution in [-0.4, -0.2) is 30.2 Å². The SMILES string of the molecule is CCOc1cc(C(=O)OCC(=O)Nc2ccccc2C(C)C)cc(Cl)c1O. The van der Waals surface area contributed by atoms with Gasteiger partial charge in [-0.25, -0.2) is 4.79 Å². The molecule has 0 aliphatic carbocycles. The molecule has 144 valence electrons. The van der Waals surface area contributed by atoms with Crippen molar-refractivity contribution in [3.05, 3.63) is 52.5 Å². The van der Waals surface area contributed by atoms with Crippen LogP contribution in [0, 0.1) is 0 Å². The largest absolute Gasteiger partial charge is 0.503 e. The number of carbonyl (C=O) groups excluding carboxylic acids is 2. The summed E-state index contributed by atoms with van der Waals surface area (Å²) in [7, 11) is 0. The highest BCUT2D eigenvalue weighted by molar-refractivity contribution is 6.32. The van der Waals surface area contributed by atoms with Crippen LogP contribution < -0.4 is 10.1 Å². The molecule has 2 aromatic rings. The normalized spacial score (nSPS) is 10.6. The molecule has 0 aliphatic rings. The molecule has 0 radical (unpaired) electrons. The van der Waals surface area contributed by atoms with Crippen LogP contribution in [0.5, 0.6) is 11.5 Å². The number of hydrogen-bond acceptors (Lipinski definition) is 5. The Hall–Kier alpha value is -2.73. The Kier molecular flexibility index (Phi) is 7.07. The van der Waals surface area contributed by atoms with E-state index in [4.69, 9.17) is 21.1 Å². The fraction of sp³-hybridized carbons (Fsp3) is 0.300. The number of esters is 1. The molecule has 0 unspecified atom stereocenters. The first-order valence-electron chi connectivity index (χ1n) is 8.54. The number of aromatic hydroxyl groups is 1. The number of benzene rings is 2. The van der Waals surface area contributed by atoms with E-state index in [0.717, 1.165) is 5.56 Å². The summed E-state index contributed by atoms with van der Waals surface area (Å²) < 4.78 is 10.3. The summed E-state index contributed by atoms with van der Waals surface area (Å²) in [6.45, 7) is 5.62. The predicted octanol–water partition coefficient (Wildman–Crippen LogP) is 4.36. The van der Waals surface area contributed by atoms with Crippen molar-refractivity contribution in [3.8, 4) is 11.5 Å². The van der Waals surface area contributed by atoms with Gasteiger partial charge in [0, 0.05) is 5.69 Å². The Morgan fingerprint density at radius 3 is 2.59 bits per heavy atom. The van der Waals surface area contributed by atoms with Crippen molar-refractivity contribution < 1.29 is 24.2 Å². The minimum absolute atomic E-state index is 0.0387. The molecule has 0 heterocycles. The Bertz CT molecular complexity index is 835. The molecule has 0 saturated carbocycles. The first-order chi connectivity index (χ1) is 12.8. The van der Waals surface area contributed by atoms with Gasteiger partial charge in [0.2, 0.25) is 0 Å². The maximum absolute atomic E-state index is 12.2. The Morgan fingerprint density at radius 2 is 1.93 bits per heavy atom. The fourth-order valence-electron chi connectivity index (χ4n) is 2.47. The lowest BCUT2D eigenvalue weighted by atomic mass is 10.0. The third kappa shape index (κ3) is 5.37. The highest BCUT2D eigenvalue weighted by Crippen LogP contribution is 2.35. The van der Waals surface area contributed by atoms with Gasteiger partial charge in [-0.15, -0.1) is 0 Å². The van der Waals surface area contributed by atoms with E-state index in [1.807, 2.05) is 32.0 Å². The lowest BCUT2D eigenvalue weighted by molar-refractivity contribution is -0.119. The van der Waals surface area contributed by atoms with E-state index in [1.54, 1.807) is 13.0 Å². The molecular formula is C20H22ClNO5. The highest BCUT2D eigenvalue weighted by Gasteiger charge is 2.17. The molecule has 2 N–H and O–H groups in total. The molecule has 2 rings (SSSR count). The molecule has 0 spiro atoms. The zero-order valence-corrected chi connectivity index (χ0v) is 16.2. The van der Waals surface area contributed by atoms with E-state index in [0.29, 0.717) is 12.3 Å². The molecule has 0 aliphatic heterocycles. The first kappa shape index (κ1) is 20.6. The number of anilines is 1. The van der Waals surface area contributed by atoms with Crippen molar-refractivity contribution in [2.24, 2.45) is 0 Å². The first-order valence-corrected chi connectivity index (χ1v) is 8.92. The van der Waals surface area contributed by atoms with Crippen LogP contribution in [-0.2, 0) is 9.53 Å². The minimum Gasteiger partial charge on any atom is -0.503 e. The van der Waals surface area contributed by atoms with Gasteiger partial charge in [-0.1, -0.05) is 43.6 Å². The number of nitrogens with one attached hydrogen (secondary N) is 1. The van der Waals surface area contributed by atoms with Crippen LogP contribution in [0.1, 0.15) is 42.6 Å². The number of carbonyl (C=O) groups is 2. The number of amides is 1. The number of para-hydroxylation sites is 1. The molecular weight excluding hydrogens is 370 g/mol. The van der Waals surface area contributed by atoms with E-state index in [9.17, 15) is 14.7 Å². The molecule has 0 saturated heterocycles. The van der Waals surface area contributed by atoms with Gasteiger partial charge in [0.15, 0.2) is 18.1 Å². The third-order valence-corrected chi connectivity index (χ3v) is 4.04. The average Bonchev–Trinajstić information content (AvgIpc) is 2.63. The third-order valence-electron chi connectivity index (χ3n) is 3.76. The van der Waals surface area contributed by atoms with E-state index in [-0.39, 0.29) is 28.0 Å². The van der Waals surface area contributed by atoms with E-state index < -0.39 is 18.5 Å². The molecule has 0 fully saturated rings. The molecule has 0 atom stereocenters. The van der Waals surface area contributed by atoms with E-state index in [1.165, 1.54) is 12.1 Å². The molecule has 2 aromatic carbocycles. The lowest BCUT2D eigenvalue weighted by Crippen LogP contribution is -2.21. The van der Waals surface area contributed by atoms with Crippen molar-refractivity contribution in [2.45, 2.75) is 26.7 Å². The monoisotopic (exact) mass is 391 g/mol.